The van der Waals surface area contributed by atoms with E-state index in [1.807, 2.05) is 36.4 Å². The molecule has 4 rings (SSSR count). The van der Waals surface area contributed by atoms with E-state index in [0.29, 0.717) is 5.56 Å². The van der Waals surface area contributed by atoms with Crippen LogP contribution >= 0.6 is 15.9 Å². The molecule has 4 nitrogen and oxygen atoms in total. The minimum absolute atomic E-state index is 0.340. The lowest BCUT2D eigenvalue weighted by Crippen LogP contribution is -2.30. The molecule has 0 aliphatic heterocycles. The highest BCUT2D eigenvalue weighted by molar-refractivity contribution is 9.10. The monoisotopic (exact) mass is 391 g/mol. The Balaban J connectivity index is 1.97. The van der Waals surface area contributed by atoms with E-state index in [-0.39, 0.29) is 5.91 Å². The van der Waals surface area contributed by atoms with Gasteiger partial charge < -0.3 is 0 Å². The third-order valence-corrected chi connectivity index (χ3v) is 4.68. The number of carbonyl (C=O) groups is 1. The van der Waals surface area contributed by atoms with Crippen LogP contribution in [0.2, 0.25) is 0 Å². The number of nitrogens with zero attached hydrogens (tertiary/aromatic N) is 1. The van der Waals surface area contributed by atoms with Crippen LogP contribution in [0.3, 0.4) is 0 Å². The standard InChI is InChI=1S/C20H14BrN3O/c21-15-7-8-18-16(10-15)17(20(25)24-22)11-19(23-18)14-6-5-12-3-1-2-4-13(12)9-14/h1-11H,22H2,(H,24,25). The fourth-order valence-electron chi connectivity index (χ4n) is 2.96. The third-order valence-electron chi connectivity index (χ3n) is 4.19. The van der Waals surface area contributed by atoms with Gasteiger partial charge in [-0.25, -0.2) is 10.8 Å². The minimum Gasteiger partial charge on any atom is -0.290 e. The predicted octanol–water partition coefficient (Wildman–Crippen LogP) is 4.42. The van der Waals surface area contributed by atoms with E-state index in [1.54, 1.807) is 6.07 Å². The number of nitrogens with two attached hydrogens (primary N) is 1. The van der Waals surface area contributed by atoms with Gasteiger partial charge in [-0.1, -0.05) is 52.3 Å². The maximum Gasteiger partial charge on any atom is 0.265 e. The van der Waals surface area contributed by atoms with Crippen molar-refractivity contribution in [1.29, 1.82) is 0 Å². The first-order valence-corrected chi connectivity index (χ1v) is 8.55. The molecule has 0 unspecified atom stereocenters. The average Bonchev–Trinajstić information content (AvgIpc) is 2.66. The molecule has 3 N–H and O–H groups in total. The Hall–Kier alpha value is -2.76. The topological polar surface area (TPSA) is 68.0 Å². The van der Waals surface area contributed by atoms with Crippen molar-refractivity contribution in [2.75, 3.05) is 0 Å². The van der Waals surface area contributed by atoms with E-state index >= 15 is 0 Å². The largest absolute Gasteiger partial charge is 0.290 e. The number of nitrogen functional groups attached to an aromatic ring is 1. The smallest absolute Gasteiger partial charge is 0.265 e. The van der Waals surface area contributed by atoms with Crippen molar-refractivity contribution in [1.82, 2.24) is 10.4 Å². The van der Waals surface area contributed by atoms with Crippen molar-refractivity contribution in [2.45, 2.75) is 0 Å². The van der Waals surface area contributed by atoms with E-state index in [4.69, 9.17) is 10.8 Å². The molecule has 1 amide bonds. The molecule has 0 radical (unpaired) electrons. The Morgan fingerprint density at radius 2 is 1.76 bits per heavy atom. The molecule has 1 aromatic heterocycles. The van der Waals surface area contributed by atoms with Crippen LogP contribution < -0.4 is 11.3 Å². The molecule has 0 spiro atoms. The molecular formula is C20H14BrN3O. The van der Waals surface area contributed by atoms with Gasteiger partial charge in [-0.15, -0.1) is 0 Å². The number of amides is 1. The van der Waals surface area contributed by atoms with Gasteiger partial charge in [0.2, 0.25) is 0 Å². The van der Waals surface area contributed by atoms with Gasteiger partial charge in [-0.3, -0.25) is 10.2 Å². The van der Waals surface area contributed by atoms with Gasteiger partial charge in [0.15, 0.2) is 0 Å². The maximum atomic E-state index is 12.3. The lowest BCUT2D eigenvalue weighted by atomic mass is 10.0. The van der Waals surface area contributed by atoms with Crippen molar-refractivity contribution in [2.24, 2.45) is 5.84 Å². The molecule has 0 fully saturated rings. The highest BCUT2D eigenvalue weighted by Gasteiger charge is 2.14. The first-order valence-electron chi connectivity index (χ1n) is 7.76. The summed E-state index contributed by atoms with van der Waals surface area (Å²) in [5.74, 6) is 5.02. The maximum absolute atomic E-state index is 12.3. The third kappa shape index (κ3) is 2.88. The van der Waals surface area contributed by atoms with Crippen LogP contribution in [0.1, 0.15) is 10.4 Å². The molecule has 0 aliphatic rings. The van der Waals surface area contributed by atoms with Crippen molar-refractivity contribution >= 4 is 43.5 Å². The predicted molar refractivity (Wildman–Crippen MR) is 104 cm³/mol. The van der Waals surface area contributed by atoms with Crippen LogP contribution in [0.15, 0.2) is 71.2 Å². The Morgan fingerprint density at radius 1 is 0.960 bits per heavy atom. The molecule has 25 heavy (non-hydrogen) atoms. The molecule has 1 heterocycles. The van der Waals surface area contributed by atoms with E-state index in [1.165, 1.54) is 0 Å². The number of aromatic nitrogens is 1. The van der Waals surface area contributed by atoms with Crippen LogP contribution in [0.25, 0.3) is 32.9 Å². The van der Waals surface area contributed by atoms with Gasteiger partial charge in [-0.2, -0.15) is 0 Å². The zero-order valence-electron chi connectivity index (χ0n) is 13.2. The number of benzene rings is 3. The summed E-state index contributed by atoms with van der Waals surface area (Å²) in [6.45, 7) is 0. The molecular weight excluding hydrogens is 378 g/mol. The second-order valence-electron chi connectivity index (χ2n) is 5.75. The molecule has 0 saturated heterocycles. The molecule has 0 aliphatic carbocycles. The Morgan fingerprint density at radius 3 is 2.56 bits per heavy atom. The number of hydrogen-bond donors (Lipinski definition) is 2. The van der Waals surface area contributed by atoms with Gasteiger partial charge in [0.05, 0.1) is 16.8 Å². The van der Waals surface area contributed by atoms with Crippen LogP contribution in [-0.2, 0) is 0 Å². The zero-order chi connectivity index (χ0) is 17.4. The summed E-state index contributed by atoms with van der Waals surface area (Å²) in [7, 11) is 0. The van der Waals surface area contributed by atoms with Crippen molar-refractivity contribution in [3.63, 3.8) is 0 Å². The van der Waals surface area contributed by atoms with Gasteiger partial charge in [0, 0.05) is 15.4 Å². The highest BCUT2D eigenvalue weighted by Crippen LogP contribution is 2.29. The average molecular weight is 392 g/mol. The number of fused-ring (bicyclic) bond motifs is 2. The minimum atomic E-state index is -0.340. The summed E-state index contributed by atoms with van der Waals surface area (Å²) < 4.78 is 0.881. The Labute approximate surface area is 152 Å². The number of carbonyl (C=O) groups excluding carboxylic acids is 1. The summed E-state index contributed by atoms with van der Waals surface area (Å²) in [5, 5.41) is 3.04. The summed E-state index contributed by atoms with van der Waals surface area (Å²) >= 11 is 3.44. The normalized spacial score (nSPS) is 11.0. The number of pyridine rings is 1. The highest BCUT2D eigenvalue weighted by atomic mass is 79.9. The first-order chi connectivity index (χ1) is 12.2. The number of halogens is 1. The SMILES string of the molecule is NNC(=O)c1cc(-c2ccc3ccccc3c2)nc2ccc(Br)cc12. The number of hydrogen-bond acceptors (Lipinski definition) is 3. The fraction of sp³-hybridized carbons (Fsp3) is 0. The van der Waals surface area contributed by atoms with Gasteiger partial charge in [0.25, 0.3) is 5.91 Å². The van der Waals surface area contributed by atoms with Gasteiger partial charge >= 0.3 is 0 Å². The van der Waals surface area contributed by atoms with E-state index in [0.717, 1.165) is 37.4 Å². The fourth-order valence-corrected chi connectivity index (χ4v) is 3.32. The molecule has 0 bridgehead atoms. The second-order valence-corrected chi connectivity index (χ2v) is 6.67. The zero-order valence-corrected chi connectivity index (χ0v) is 14.7. The van der Waals surface area contributed by atoms with Crippen LogP contribution in [0.5, 0.6) is 0 Å². The molecule has 3 aromatic carbocycles. The number of rotatable bonds is 2. The summed E-state index contributed by atoms with van der Waals surface area (Å²) in [5.41, 5.74) is 5.15. The van der Waals surface area contributed by atoms with Crippen LogP contribution in [0.4, 0.5) is 0 Å². The van der Waals surface area contributed by atoms with E-state index < -0.39 is 0 Å². The summed E-state index contributed by atoms with van der Waals surface area (Å²) in [4.78, 5) is 17.0. The van der Waals surface area contributed by atoms with Crippen LogP contribution in [0, 0.1) is 0 Å². The molecule has 0 saturated carbocycles. The molecule has 122 valence electrons. The lowest BCUT2D eigenvalue weighted by Gasteiger charge is -2.10. The molecule has 5 heteroatoms. The number of hydrazine groups is 1. The first kappa shape index (κ1) is 15.7. The van der Waals surface area contributed by atoms with E-state index in [9.17, 15) is 4.79 Å². The van der Waals surface area contributed by atoms with Crippen molar-refractivity contribution in [3.8, 4) is 11.3 Å². The molecule has 0 atom stereocenters. The van der Waals surface area contributed by atoms with Gasteiger partial charge in [0.1, 0.15) is 0 Å². The Kier molecular flexibility index (Phi) is 3.95. The Bertz CT molecular complexity index is 1120. The number of nitrogens with one attached hydrogen (secondary N) is 1. The quantitative estimate of drug-likeness (QED) is 0.302. The van der Waals surface area contributed by atoms with Gasteiger partial charge in [-0.05, 0) is 41.1 Å². The lowest BCUT2D eigenvalue weighted by molar-refractivity contribution is 0.0955. The molecule has 4 aromatic rings. The summed E-state index contributed by atoms with van der Waals surface area (Å²) in [6, 6.07) is 21.7. The van der Waals surface area contributed by atoms with Crippen molar-refractivity contribution in [3.05, 3.63) is 76.8 Å². The second kappa shape index (κ2) is 6.27. The summed E-state index contributed by atoms with van der Waals surface area (Å²) in [6.07, 6.45) is 0. The van der Waals surface area contributed by atoms with Crippen LogP contribution in [-0.4, -0.2) is 10.9 Å². The van der Waals surface area contributed by atoms with E-state index in [2.05, 4.69) is 45.6 Å². The van der Waals surface area contributed by atoms with Crippen molar-refractivity contribution < 1.29 is 4.79 Å².